The van der Waals surface area contributed by atoms with E-state index in [1.165, 1.54) is 19.3 Å². The first kappa shape index (κ1) is 20.3. The molecule has 2 aliphatic heterocycles. The van der Waals surface area contributed by atoms with E-state index in [4.69, 9.17) is 9.84 Å². The molecule has 2 saturated heterocycles. The van der Waals surface area contributed by atoms with Crippen LogP contribution in [0.3, 0.4) is 0 Å². The van der Waals surface area contributed by atoms with Crippen molar-refractivity contribution in [2.24, 2.45) is 11.8 Å². The van der Waals surface area contributed by atoms with Crippen molar-refractivity contribution in [3.63, 3.8) is 0 Å². The summed E-state index contributed by atoms with van der Waals surface area (Å²) in [5, 5.41) is 19.9. The molecule has 3 rings (SSSR count). The number of aliphatic hydroxyl groups excluding tert-OH is 1. The molecule has 1 unspecified atom stereocenters. The molecule has 0 amide bonds. The Bertz CT molecular complexity index is 624. The number of unbranched alkanes of at least 4 members (excludes halogenated alkanes) is 2. The first-order chi connectivity index (χ1) is 13.2. The molecule has 2 fully saturated rings. The lowest BCUT2D eigenvalue weighted by molar-refractivity contribution is 0.0824. The number of ether oxygens (including phenoxy) is 1. The fourth-order valence-electron chi connectivity index (χ4n) is 4.71. The minimum atomic E-state index is -0.900. The molecule has 0 radical (unpaired) electrons. The van der Waals surface area contributed by atoms with Gasteiger partial charge in [0.05, 0.1) is 18.8 Å². The van der Waals surface area contributed by atoms with Gasteiger partial charge in [0, 0.05) is 5.92 Å². The van der Waals surface area contributed by atoms with Crippen molar-refractivity contribution in [1.82, 2.24) is 0 Å². The Hall–Kier alpha value is -1.42. The lowest BCUT2D eigenvalue weighted by Crippen LogP contribution is -2.27. The maximum atomic E-state index is 11.1. The van der Waals surface area contributed by atoms with Crippen LogP contribution < -0.4 is 0 Å². The van der Waals surface area contributed by atoms with E-state index in [1.54, 1.807) is 0 Å². The molecular weight excluding hydrogens is 336 g/mol. The lowest BCUT2D eigenvalue weighted by atomic mass is 9.75. The summed E-state index contributed by atoms with van der Waals surface area (Å²) in [6.45, 7) is 2.17. The fourth-order valence-corrected chi connectivity index (χ4v) is 4.71. The highest BCUT2D eigenvalue weighted by molar-refractivity contribution is 5.27. The molecule has 0 aromatic heterocycles. The van der Waals surface area contributed by atoms with Gasteiger partial charge in [0.2, 0.25) is 0 Å². The van der Waals surface area contributed by atoms with Gasteiger partial charge in [-0.15, -0.1) is 0 Å². The fraction of sp³-hybridized carbons (Fsp3) is 0.583. The van der Waals surface area contributed by atoms with E-state index >= 15 is 0 Å². The molecule has 0 saturated carbocycles. The molecule has 3 nitrogen and oxygen atoms in total. The van der Waals surface area contributed by atoms with Crippen LogP contribution in [0.4, 0.5) is 0 Å². The van der Waals surface area contributed by atoms with Gasteiger partial charge in [-0.2, -0.15) is 0 Å². The van der Waals surface area contributed by atoms with Gasteiger partial charge in [0.25, 0.3) is 0 Å². The second kappa shape index (κ2) is 9.68. The maximum absolute atomic E-state index is 11.1. The standard InChI is InChI=1S/C24H34O3/c1-2-24(26,19-11-7-6-8-12-19)17-16-21-20(22-14-15-23(21)27-22)13-9-4-3-5-10-18-25/h5-8,10-12,16-17,20-23,25-26H,2-4,9,13-15,18H2,1H3/t20-,21+,22-,23+,24?/m1/s1. The highest BCUT2D eigenvalue weighted by Crippen LogP contribution is 2.46. The van der Waals surface area contributed by atoms with E-state index in [0.29, 0.717) is 30.5 Å². The van der Waals surface area contributed by atoms with Crippen LogP contribution in [0.25, 0.3) is 0 Å². The lowest BCUT2D eigenvalue weighted by Gasteiger charge is -2.28. The summed E-state index contributed by atoms with van der Waals surface area (Å²) in [4.78, 5) is 0. The Balaban J connectivity index is 1.63. The third-order valence-corrected chi connectivity index (χ3v) is 6.32. The number of fused-ring (bicyclic) bond motifs is 2. The molecule has 1 aromatic rings. The van der Waals surface area contributed by atoms with E-state index in [2.05, 4.69) is 12.2 Å². The predicted molar refractivity (Wildman–Crippen MR) is 109 cm³/mol. The molecule has 2 N–H and O–H groups in total. The Morgan fingerprint density at radius 3 is 2.63 bits per heavy atom. The molecule has 5 atom stereocenters. The van der Waals surface area contributed by atoms with E-state index in [0.717, 1.165) is 24.8 Å². The van der Waals surface area contributed by atoms with Gasteiger partial charge in [0.1, 0.15) is 5.60 Å². The van der Waals surface area contributed by atoms with E-state index < -0.39 is 5.60 Å². The van der Waals surface area contributed by atoms with E-state index in [-0.39, 0.29) is 6.61 Å². The van der Waals surface area contributed by atoms with Crippen molar-refractivity contribution in [2.75, 3.05) is 6.61 Å². The number of benzene rings is 1. The summed E-state index contributed by atoms with van der Waals surface area (Å²) in [6, 6.07) is 9.96. The number of rotatable bonds is 10. The highest BCUT2D eigenvalue weighted by Gasteiger charge is 2.47. The Labute approximate surface area is 163 Å². The molecule has 1 aromatic carbocycles. The van der Waals surface area contributed by atoms with Crippen LogP contribution in [-0.4, -0.2) is 29.0 Å². The van der Waals surface area contributed by atoms with Crippen LogP contribution in [0, 0.1) is 11.8 Å². The summed E-state index contributed by atoms with van der Waals surface area (Å²) < 4.78 is 6.22. The SMILES string of the molecule is CCC(O)(C=C[C@H]1[C@@H](CCCCC=CCO)[C@H]2CC[C@@H]1O2)c1ccccc1. The minimum Gasteiger partial charge on any atom is -0.392 e. The molecular formula is C24H34O3. The van der Waals surface area contributed by atoms with Crippen LogP contribution >= 0.6 is 0 Å². The number of aliphatic hydroxyl groups is 2. The third kappa shape index (κ3) is 4.90. The van der Waals surface area contributed by atoms with Crippen LogP contribution in [0.2, 0.25) is 0 Å². The monoisotopic (exact) mass is 370 g/mol. The molecule has 0 spiro atoms. The van der Waals surface area contributed by atoms with Crippen LogP contribution in [0.1, 0.15) is 57.4 Å². The van der Waals surface area contributed by atoms with Crippen LogP contribution in [0.15, 0.2) is 54.6 Å². The Morgan fingerprint density at radius 2 is 1.89 bits per heavy atom. The summed E-state index contributed by atoms with van der Waals surface area (Å²) in [6.07, 6.45) is 16.4. The number of hydrogen-bond donors (Lipinski definition) is 2. The second-order valence-corrected chi connectivity index (χ2v) is 7.97. The maximum Gasteiger partial charge on any atom is 0.107 e. The van der Waals surface area contributed by atoms with Crippen LogP contribution in [-0.2, 0) is 10.3 Å². The van der Waals surface area contributed by atoms with E-state index in [9.17, 15) is 5.11 Å². The summed E-state index contributed by atoms with van der Waals surface area (Å²) in [5.74, 6) is 0.984. The zero-order chi connectivity index (χ0) is 19.1. The Morgan fingerprint density at radius 1 is 1.11 bits per heavy atom. The largest absolute Gasteiger partial charge is 0.392 e. The second-order valence-electron chi connectivity index (χ2n) is 7.97. The van der Waals surface area contributed by atoms with Gasteiger partial charge in [-0.25, -0.2) is 0 Å². The van der Waals surface area contributed by atoms with Crippen molar-refractivity contribution in [1.29, 1.82) is 0 Å². The zero-order valence-corrected chi connectivity index (χ0v) is 16.5. The quantitative estimate of drug-likeness (QED) is 0.462. The smallest absolute Gasteiger partial charge is 0.107 e. The molecule has 2 bridgehead atoms. The topological polar surface area (TPSA) is 49.7 Å². The molecule has 3 heteroatoms. The predicted octanol–water partition coefficient (Wildman–Crippen LogP) is 4.74. The van der Waals surface area contributed by atoms with Gasteiger partial charge in [0.15, 0.2) is 0 Å². The highest BCUT2D eigenvalue weighted by atomic mass is 16.5. The average molecular weight is 371 g/mol. The van der Waals surface area contributed by atoms with Gasteiger partial charge < -0.3 is 14.9 Å². The van der Waals surface area contributed by atoms with Crippen molar-refractivity contribution in [3.8, 4) is 0 Å². The molecule has 2 aliphatic rings. The Kier molecular flexibility index (Phi) is 7.28. The van der Waals surface area contributed by atoms with Crippen molar-refractivity contribution in [2.45, 2.75) is 69.7 Å². The minimum absolute atomic E-state index is 0.134. The average Bonchev–Trinajstić information content (AvgIpc) is 3.31. The molecule has 148 valence electrons. The summed E-state index contributed by atoms with van der Waals surface area (Å²) in [7, 11) is 0. The van der Waals surface area contributed by atoms with Crippen molar-refractivity contribution < 1.29 is 14.9 Å². The zero-order valence-electron chi connectivity index (χ0n) is 16.5. The van der Waals surface area contributed by atoms with Crippen LogP contribution in [0.5, 0.6) is 0 Å². The van der Waals surface area contributed by atoms with Gasteiger partial charge in [-0.1, -0.05) is 68.0 Å². The first-order valence-electron chi connectivity index (χ1n) is 10.6. The van der Waals surface area contributed by atoms with Gasteiger partial charge in [-0.05, 0) is 50.0 Å². The normalized spacial score (nSPS) is 29.7. The van der Waals surface area contributed by atoms with E-state index in [1.807, 2.05) is 49.4 Å². The van der Waals surface area contributed by atoms with Crippen molar-refractivity contribution >= 4 is 0 Å². The van der Waals surface area contributed by atoms with Gasteiger partial charge in [-0.3, -0.25) is 0 Å². The first-order valence-corrected chi connectivity index (χ1v) is 10.6. The van der Waals surface area contributed by atoms with Crippen molar-refractivity contribution in [3.05, 3.63) is 60.2 Å². The molecule has 2 heterocycles. The summed E-state index contributed by atoms with van der Waals surface area (Å²) >= 11 is 0. The number of hydrogen-bond acceptors (Lipinski definition) is 3. The molecule has 27 heavy (non-hydrogen) atoms. The number of allylic oxidation sites excluding steroid dienone is 1. The molecule has 0 aliphatic carbocycles. The van der Waals surface area contributed by atoms with Gasteiger partial charge >= 0.3 is 0 Å². The summed E-state index contributed by atoms with van der Waals surface area (Å²) in [5.41, 5.74) is 0.0583. The third-order valence-electron chi connectivity index (χ3n) is 6.32.